The van der Waals surface area contributed by atoms with Gasteiger partial charge in [0.05, 0.1) is 39.2 Å². The van der Waals surface area contributed by atoms with E-state index in [1.807, 2.05) is 24.3 Å². The van der Waals surface area contributed by atoms with Crippen LogP contribution in [0.3, 0.4) is 0 Å². The van der Waals surface area contributed by atoms with Gasteiger partial charge in [0.25, 0.3) is 0 Å². The number of hydrogen-bond donors (Lipinski definition) is 0. The molecule has 48 heavy (non-hydrogen) atoms. The summed E-state index contributed by atoms with van der Waals surface area (Å²) in [7, 11) is 6.85. The van der Waals surface area contributed by atoms with Crippen LogP contribution in [0.1, 0.15) is 33.4 Å². The Hall–Kier alpha value is -5.48. The fourth-order valence-electron chi connectivity index (χ4n) is 7.95. The van der Waals surface area contributed by atoms with Gasteiger partial charge in [0.1, 0.15) is 23.0 Å². The molecule has 0 N–H and O–H groups in total. The van der Waals surface area contributed by atoms with Crippen LogP contribution in [-0.2, 0) is 0 Å². The summed E-state index contributed by atoms with van der Waals surface area (Å²) in [6.07, 6.45) is 4.69. The van der Waals surface area contributed by atoms with Crippen LogP contribution in [0.2, 0.25) is 0 Å². The summed E-state index contributed by atoms with van der Waals surface area (Å²) >= 11 is 0. The second-order valence-electron chi connectivity index (χ2n) is 12.9. The zero-order chi connectivity index (χ0) is 33.4. The molecule has 0 aliphatic rings. The SMILES string of the molecule is COc1ccc2c(=Cc3c(C)cc(-c4cc(C)c(C=c5c6ccc(OC)c7c(OC)ccc5c76)c(C)c4)cc3C)c3ccc(OC)c1c23. The molecule has 0 bridgehead atoms. The second-order valence-corrected chi connectivity index (χ2v) is 12.9. The first-order valence-electron chi connectivity index (χ1n) is 16.3. The summed E-state index contributed by atoms with van der Waals surface area (Å²) in [5, 5.41) is 12.0. The van der Waals surface area contributed by atoms with Gasteiger partial charge in [0.2, 0.25) is 0 Å². The molecule has 0 aromatic heterocycles. The van der Waals surface area contributed by atoms with Crippen molar-refractivity contribution in [2.45, 2.75) is 27.7 Å². The lowest BCUT2D eigenvalue weighted by Gasteiger charge is -2.19. The van der Waals surface area contributed by atoms with E-state index in [1.165, 1.54) is 87.3 Å². The molecule has 0 unspecified atom stereocenters. The largest absolute Gasteiger partial charge is 0.496 e. The van der Waals surface area contributed by atoms with E-state index in [0.29, 0.717) is 0 Å². The fourth-order valence-corrected chi connectivity index (χ4v) is 7.95. The van der Waals surface area contributed by atoms with E-state index in [4.69, 9.17) is 18.9 Å². The molecule has 4 heteroatoms. The molecular weight excluding hydrogens is 592 g/mol. The molecule has 0 aliphatic heterocycles. The first-order valence-corrected chi connectivity index (χ1v) is 16.3. The van der Waals surface area contributed by atoms with Crippen LogP contribution >= 0.6 is 0 Å². The van der Waals surface area contributed by atoms with Crippen molar-refractivity contribution in [2.24, 2.45) is 0 Å². The maximum absolute atomic E-state index is 5.68. The van der Waals surface area contributed by atoms with Crippen molar-refractivity contribution < 1.29 is 18.9 Å². The fraction of sp³-hybridized carbons (Fsp3) is 0.182. The van der Waals surface area contributed by atoms with Crippen LogP contribution in [0.5, 0.6) is 23.0 Å². The average molecular weight is 631 g/mol. The number of aryl methyl sites for hydroxylation is 4. The molecule has 4 nitrogen and oxygen atoms in total. The maximum Gasteiger partial charge on any atom is 0.130 e. The Bertz CT molecular complexity index is 2310. The summed E-state index contributed by atoms with van der Waals surface area (Å²) in [6, 6.07) is 26.1. The van der Waals surface area contributed by atoms with E-state index in [2.05, 4.69) is 88.4 Å². The number of hydrogen-bond acceptors (Lipinski definition) is 4. The van der Waals surface area contributed by atoms with Gasteiger partial charge in [0.15, 0.2) is 0 Å². The Morgan fingerprint density at radius 3 is 0.896 bits per heavy atom. The smallest absolute Gasteiger partial charge is 0.130 e. The molecule has 0 heterocycles. The maximum atomic E-state index is 5.68. The van der Waals surface area contributed by atoms with E-state index in [0.717, 1.165) is 33.8 Å². The van der Waals surface area contributed by atoms with E-state index in [1.54, 1.807) is 28.4 Å². The van der Waals surface area contributed by atoms with Crippen LogP contribution in [0, 0.1) is 27.7 Å². The lowest BCUT2D eigenvalue weighted by molar-refractivity contribution is 0.405. The predicted molar refractivity (Wildman–Crippen MR) is 200 cm³/mol. The van der Waals surface area contributed by atoms with E-state index in [-0.39, 0.29) is 0 Å². The van der Waals surface area contributed by atoms with Crippen molar-refractivity contribution in [3.8, 4) is 34.1 Å². The Morgan fingerprint density at radius 2 is 0.646 bits per heavy atom. The minimum Gasteiger partial charge on any atom is -0.496 e. The van der Waals surface area contributed by atoms with Crippen LogP contribution in [0.25, 0.3) is 66.4 Å². The predicted octanol–water partition coefficient (Wildman–Crippen LogP) is 9.21. The number of rotatable bonds is 7. The van der Waals surface area contributed by atoms with Crippen LogP contribution in [-0.4, -0.2) is 28.4 Å². The van der Waals surface area contributed by atoms with Gasteiger partial charge in [-0.1, -0.05) is 48.5 Å². The minimum atomic E-state index is 0.840. The standard InChI is InChI=1S/C44H38O4/c1-23-17-27(18-24(2)33(23)21-35-29-9-13-37(45-5)43-38(46-6)14-10-30(35)41(29)43)28-19-25(3)34(26(4)20-28)22-36-31-11-15-39(47-7)44-40(48-8)16-12-32(36)42(31)44/h9-22H,1-8H3. The summed E-state index contributed by atoms with van der Waals surface area (Å²) in [5.74, 6) is 3.36. The first-order chi connectivity index (χ1) is 23.3. The monoisotopic (exact) mass is 630 g/mol. The van der Waals surface area contributed by atoms with Gasteiger partial charge in [-0.2, -0.15) is 0 Å². The zero-order valence-electron chi connectivity index (χ0n) is 28.7. The average Bonchev–Trinajstić information content (AvgIpc) is 3.08. The van der Waals surface area contributed by atoms with Crippen LogP contribution in [0.4, 0.5) is 0 Å². The number of benzene rings is 6. The lowest BCUT2D eigenvalue weighted by Crippen LogP contribution is -2.13. The van der Waals surface area contributed by atoms with E-state index >= 15 is 0 Å². The molecule has 0 spiro atoms. The highest BCUT2D eigenvalue weighted by Gasteiger charge is 2.20. The molecule has 0 amide bonds. The van der Waals surface area contributed by atoms with Gasteiger partial charge in [-0.15, -0.1) is 0 Å². The molecule has 8 rings (SSSR count). The highest BCUT2D eigenvalue weighted by Crippen LogP contribution is 2.42. The van der Waals surface area contributed by atoms with E-state index in [9.17, 15) is 0 Å². The lowest BCUT2D eigenvalue weighted by atomic mass is 9.87. The molecule has 0 radical (unpaired) electrons. The number of ether oxygens (including phenoxy) is 4. The molecule has 0 fully saturated rings. The molecule has 0 aliphatic carbocycles. The van der Waals surface area contributed by atoms with Gasteiger partial charge in [0, 0.05) is 10.8 Å². The van der Waals surface area contributed by atoms with E-state index < -0.39 is 0 Å². The second kappa shape index (κ2) is 11.1. The van der Waals surface area contributed by atoms with Crippen molar-refractivity contribution in [1.29, 1.82) is 0 Å². The van der Waals surface area contributed by atoms with Gasteiger partial charge in [-0.25, -0.2) is 0 Å². The van der Waals surface area contributed by atoms with Gasteiger partial charge in [-0.3, -0.25) is 0 Å². The topological polar surface area (TPSA) is 36.9 Å². The normalized spacial score (nSPS) is 11.8. The van der Waals surface area contributed by atoms with Gasteiger partial charge in [-0.05, 0) is 141 Å². The zero-order valence-corrected chi connectivity index (χ0v) is 28.7. The minimum absolute atomic E-state index is 0.840. The summed E-state index contributed by atoms with van der Waals surface area (Å²) in [4.78, 5) is 0. The molecule has 8 aromatic rings. The Balaban J connectivity index is 1.19. The molecule has 0 saturated heterocycles. The highest BCUT2D eigenvalue weighted by atomic mass is 16.5. The third-order valence-corrected chi connectivity index (χ3v) is 10.3. The Morgan fingerprint density at radius 1 is 0.375 bits per heavy atom. The van der Waals surface area contributed by atoms with Crippen molar-refractivity contribution in [2.75, 3.05) is 28.4 Å². The number of methoxy groups -OCH3 is 4. The summed E-state index contributed by atoms with van der Waals surface area (Å²) in [5.41, 5.74) is 10.0. The van der Waals surface area contributed by atoms with Crippen LogP contribution in [0.15, 0.2) is 72.8 Å². The molecular formula is C44H38O4. The molecule has 0 atom stereocenters. The van der Waals surface area contributed by atoms with Crippen molar-refractivity contribution in [3.63, 3.8) is 0 Å². The summed E-state index contributed by atoms with van der Waals surface area (Å²) in [6.45, 7) is 8.88. The molecule has 0 saturated carbocycles. The van der Waals surface area contributed by atoms with Crippen molar-refractivity contribution in [1.82, 2.24) is 0 Å². The third-order valence-electron chi connectivity index (χ3n) is 10.3. The van der Waals surface area contributed by atoms with Gasteiger partial charge < -0.3 is 18.9 Å². The molecule has 8 aromatic carbocycles. The third kappa shape index (κ3) is 4.22. The Kier molecular flexibility index (Phi) is 6.89. The quantitative estimate of drug-likeness (QED) is 0.176. The summed E-state index contributed by atoms with van der Waals surface area (Å²) < 4.78 is 22.7. The van der Waals surface area contributed by atoms with Crippen molar-refractivity contribution >= 4 is 55.2 Å². The van der Waals surface area contributed by atoms with Crippen molar-refractivity contribution in [3.05, 3.63) is 117 Å². The first kappa shape index (κ1) is 29.9. The molecule has 238 valence electrons. The Labute approximate surface area is 280 Å². The van der Waals surface area contributed by atoms with Gasteiger partial charge >= 0.3 is 0 Å². The highest BCUT2D eigenvalue weighted by molar-refractivity contribution is 6.22. The van der Waals surface area contributed by atoms with Crippen LogP contribution < -0.4 is 29.4 Å².